The highest BCUT2D eigenvalue weighted by molar-refractivity contribution is 6.11. The normalized spacial score (nSPS) is 51.2. The molecule has 5 nitrogen and oxygen atoms in total. The second-order valence-electron chi connectivity index (χ2n) is 3.85. The standard InChI is InChI=1S/C7H14BNO4/c1-9-2-7(3-10)5(11)4(13-9)6(8)12-7/h4-6,10-11H,2-3,8H2,1H3/t4?,5?,6-,7-/m1/s1. The number of rotatable bonds is 1. The molecule has 0 spiro atoms. The lowest BCUT2D eigenvalue weighted by Gasteiger charge is -2.38. The average molecular weight is 187 g/mol. The van der Waals surface area contributed by atoms with Gasteiger partial charge in [0.15, 0.2) is 0 Å². The molecule has 0 aromatic carbocycles. The predicted octanol–water partition coefficient (Wildman–Crippen LogP) is -2.69. The van der Waals surface area contributed by atoms with Gasteiger partial charge in [-0.25, -0.2) is 0 Å². The van der Waals surface area contributed by atoms with E-state index in [-0.39, 0.29) is 18.7 Å². The first-order valence-corrected chi connectivity index (χ1v) is 4.44. The van der Waals surface area contributed by atoms with Crippen LogP contribution in [-0.4, -0.2) is 67.1 Å². The Morgan fingerprint density at radius 3 is 3.00 bits per heavy atom. The second-order valence-corrected chi connectivity index (χ2v) is 3.85. The summed E-state index contributed by atoms with van der Waals surface area (Å²) in [5.74, 6) is 0. The van der Waals surface area contributed by atoms with Crippen LogP contribution in [0.4, 0.5) is 0 Å². The van der Waals surface area contributed by atoms with Crippen LogP contribution in [0.5, 0.6) is 0 Å². The summed E-state index contributed by atoms with van der Waals surface area (Å²) < 4.78 is 5.54. The van der Waals surface area contributed by atoms with Crippen LogP contribution in [0.1, 0.15) is 0 Å². The van der Waals surface area contributed by atoms with Crippen molar-refractivity contribution in [3.8, 4) is 0 Å². The smallest absolute Gasteiger partial charge is 0.142 e. The molecule has 2 saturated heterocycles. The van der Waals surface area contributed by atoms with Crippen molar-refractivity contribution in [1.29, 1.82) is 0 Å². The third kappa shape index (κ3) is 1.21. The molecular weight excluding hydrogens is 173 g/mol. The van der Waals surface area contributed by atoms with E-state index in [0.29, 0.717) is 6.54 Å². The molecule has 13 heavy (non-hydrogen) atoms. The van der Waals surface area contributed by atoms with Gasteiger partial charge in [0.2, 0.25) is 0 Å². The molecule has 6 heteroatoms. The molecule has 74 valence electrons. The summed E-state index contributed by atoms with van der Waals surface area (Å²) in [7, 11) is 3.61. The molecule has 2 heterocycles. The Morgan fingerprint density at radius 1 is 1.69 bits per heavy atom. The molecule has 2 bridgehead atoms. The van der Waals surface area contributed by atoms with Gasteiger partial charge < -0.3 is 14.9 Å². The van der Waals surface area contributed by atoms with Crippen LogP contribution in [0.3, 0.4) is 0 Å². The number of hydroxylamine groups is 2. The van der Waals surface area contributed by atoms with E-state index in [1.165, 1.54) is 0 Å². The summed E-state index contributed by atoms with van der Waals surface area (Å²) in [5, 5.41) is 20.6. The fourth-order valence-electron chi connectivity index (χ4n) is 2.14. The highest BCUT2D eigenvalue weighted by Crippen LogP contribution is 2.36. The molecule has 2 unspecified atom stereocenters. The molecular formula is C7H14BNO4. The molecule has 0 radical (unpaired) electrons. The van der Waals surface area contributed by atoms with Gasteiger partial charge in [-0.05, 0) is 0 Å². The zero-order valence-corrected chi connectivity index (χ0v) is 7.80. The first-order valence-electron chi connectivity index (χ1n) is 4.44. The lowest BCUT2D eigenvalue weighted by Crippen LogP contribution is -2.58. The Balaban J connectivity index is 2.26. The van der Waals surface area contributed by atoms with E-state index in [9.17, 15) is 10.2 Å². The third-order valence-electron chi connectivity index (χ3n) is 2.79. The van der Waals surface area contributed by atoms with Crippen molar-refractivity contribution in [1.82, 2.24) is 5.06 Å². The van der Waals surface area contributed by atoms with E-state index in [4.69, 9.17) is 9.57 Å². The number of likely N-dealkylation sites (N-methyl/N-ethyl adjacent to an activating group) is 1. The Labute approximate surface area is 77.6 Å². The van der Waals surface area contributed by atoms with Crippen molar-refractivity contribution < 1.29 is 19.8 Å². The minimum absolute atomic E-state index is 0.174. The van der Waals surface area contributed by atoms with Crippen molar-refractivity contribution in [3.05, 3.63) is 0 Å². The monoisotopic (exact) mass is 187 g/mol. The van der Waals surface area contributed by atoms with Gasteiger partial charge in [0.1, 0.15) is 25.7 Å². The molecule has 0 saturated carbocycles. The zero-order chi connectivity index (χ0) is 9.64. The molecule has 0 aromatic rings. The highest BCUT2D eigenvalue weighted by Gasteiger charge is 2.57. The summed E-state index contributed by atoms with van der Waals surface area (Å²) in [5.41, 5.74) is -0.850. The van der Waals surface area contributed by atoms with E-state index >= 15 is 0 Å². The predicted molar refractivity (Wildman–Crippen MR) is 46.7 cm³/mol. The Bertz CT molecular complexity index is 213. The van der Waals surface area contributed by atoms with Crippen molar-refractivity contribution in [2.75, 3.05) is 20.2 Å². The summed E-state index contributed by atoms with van der Waals surface area (Å²) >= 11 is 0. The minimum atomic E-state index is -0.850. The first-order chi connectivity index (χ1) is 6.09. The van der Waals surface area contributed by atoms with Gasteiger partial charge in [0.25, 0.3) is 0 Å². The van der Waals surface area contributed by atoms with Crippen LogP contribution in [0.25, 0.3) is 0 Å². The summed E-state index contributed by atoms with van der Waals surface area (Å²) in [6.45, 7) is 0.216. The van der Waals surface area contributed by atoms with E-state index < -0.39 is 11.7 Å². The highest BCUT2D eigenvalue weighted by atomic mass is 16.7. The van der Waals surface area contributed by atoms with Crippen molar-refractivity contribution in [2.45, 2.75) is 23.8 Å². The number of hydrogen-bond acceptors (Lipinski definition) is 5. The largest absolute Gasteiger partial charge is 0.393 e. The third-order valence-corrected chi connectivity index (χ3v) is 2.79. The fourth-order valence-corrected chi connectivity index (χ4v) is 2.14. The van der Waals surface area contributed by atoms with E-state index in [1.807, 2.05) is 7.85 Å². The molecule has 2 aliphatic rings. The molecule has 2 rings (SSSR count). The van der Waals surface area contributed by atoms with Crippen LogP contribution < -0.4 is 0 Å². The van der Waals surface area contributed by atoms with Gasteiger partial charge in [-0.2, -0.15) is 5.06 Å². The van der Waals surface area contributed by atoms with Gasteiger partial charge >= 0.3 is 0 Å². The number of fused-ring (bicyclic) bond motifs is 2. The lowest BCUT2D eigenvalue weighted by molar-refractivity contribution is -0.255. The van der Waals surface area contributed by atoms with Crippen molar-refractivity contribution >= 4 is 7.85 Å². The Hall–Kier alpha value is -0.135. The van der Waals surface area contributed by atoms with Crippen molar-refractivity contribution in [2.24, 2.45) is 0 Å². The number of ether oxygens (including phenoxy) is 1. The number of nitrogens with zero attached hydrogens (tertiary/aromatic N) is 1. The van der Waals surface area contributed by atoms with Gasteiger partial charge in [-0.1, -0.05) is 0 Å². The maximum Gasteiger partial charge on any atom is 0.142 e. The topological polar surface area (TPSA) is 62.2 Å². The van der Waals surface area contributed by atoms with Crippen LogP contribution in [0, 0.1) is 0 Å². The SMILES string of the molecule is B[C@@H]1O[C@@]2(CO)CN(C)OC1C2O. The fraction of sp³-hybridized carbons (Fsp3) is 1.00. The van der Waals surface area contributed by atoms with E-state index in [0.717, 1.165) is 0 Å². The van der Waals surface area contributed by atoms with Crippen molar-refractivity contribution in [3.63, 3.8) is 0 Å². The number of aliphatic hydroxyl groups is 2. The van der Waals surface area contributed by atoms with Crippen LogP contribution in [0.15, 0.2) is 0 Å². The van der Waals surface area contributed by atoms with E-state index in [2.05, 4.69) is 0 Å². The molecule has 2 N–H and O–H groups in total. The molecule has 4 atom stereocenters. The average Bonchev–Trinajstić information content (AvgIpc) is 2.26. The lowest BCUT2D eigenvalue weighted by atomic mass is 9.88. The maximum atomic E-state index is 9.81. The van der Waals surface area contributed by atoms with Gasteiger partial charge in [0.05, 0.1) is 19.2 Å². The summed E-state index contributed by atoms with van der Waals surface area (Å²) in [6, 6.07) is -0.174. The molecule has 2 fully saturated rings. The van der Waals surface area contributed by atoms with Gasteiger partial charge in [-0.15, -0.1) is 0 Å². The van der Waals surface area contributed by atoms with Crippen LogP contribution >= 0.6 is 0 Å². The number of aliphatic hydroxyl groups excluding tert-OH is 2. The zero-order valence-electron chi connectivity index (χ0n) is 7.80. The van der Waals surface area contributed by atoms with Gasteiger partial charge in [-0.3, -0.25) is 4.84 Å². The molecule has 2 aliphatic heterocycles. The van der Waals surface area contributed by atoms with Crippen LogP contribution in [-0.2, 0) is 9.57 Å². The molecule has 0 aromatic heterocycles. The van der Waals surface area contributed by atoms with Gasteiger partial charge in [0, 0.05) is 7.05 Å². The quantitative estimate of drug-likeness (QED) is 0.438. The molecule has 0 amide bonds. The molecule has 0 aliphatic carbocycles. The minimum Gasteiger partial charge on any atom is -0.393 e. The first kappa shape index (κ1) is 9.42. The van der Waals surface area contributed by atoms with Crippen LogP contribution in [0.2, 0.25) is 0 Å². The summed E-state index contributed by atoms with van der Waals surface area (Å²) in [4.78, 5) is 5.38. The number of hydrogen-bond donors (Lipinski definition) is 2. The Morgan fingerprint density at radius 2 is 2.38 bits per heavy atom. The Kier molecular flexibility index (Phi) is 2.12. The van der Waals surface area contributed by atoms with E-state index in [1.54, 1.807) is 12.1 Å². The second kappa shape index (κ2) is 2.93. The summed E-state index contributed by atoms with van der Waals surface area (Å²) in [6.07, 6.45) is -1.09. The maximum absolute atomic E-state index is 9.81.